The molecule has 0 aliphatic heterocycles. The molecule has 10 heteroatoms. The van der Waals surface area contributed by atoms with E-state index in [0.717, 1.165) is 21.4 Å². The fourth-order valence-corrected chi connectivity index (χ4v) is 4.62. The van der Waals surface area contributed by atoms with E-state index in [0.29, 0.717) is 16.9 Å². The average Bonchev–Trinajstić information content (AvgIpc) is 3.21. The van der Waals surface area contributed by atoms with Gasteiger partial charge in [0.2, 0.25) is 0 Å². The van der Waals surface area contributed by atoms with Crippen molar-refractivity contribution in [3.63, 3.8) is 0 Å². The fraction of sp³-hybridized carbons (Fsp3) is 0.250. The van der Waals surface area contributed by atoms with E-state index in [-0.39, 0.29) is 35.4 Å². The molecule has 3 rings (SSSR count). The van der Waals surface area contributed by atoms with Crippen molar-refractivity contribution in [2.24, 2.45) is 0 Å². The van der Waals surface area contributed by atoms with Gasteiger partial charge in [-0.05, 0) is 42.2 Å². The molecule has 1 amide bonds. The molecule has 0 fully saturated rings. The molecule has 0 aliphatic rings. The number of benzene rings is 2. The summed E-state index contributed by atoms with van der Waals surface area (Å²) in [5, 5.41) is 15.8. The summed E-state index contributed by atoms with van der Waals surface area (Å²) in [5.74, 6) is -0.282. The van der Waals surface area contributed by atoms with Crippen molar-refractivity contribution in [1.82, 2.24) is 0 Å². The molecule has 0 aliphatic carbocycles. The highest BCUT2D eigenvalue weighted by Gasteiger charge is 2.24. The Bertz CT molecular complexity index is 1220. The molecule has 0 spiro atoms. The number of hydrogen-bond donors (Lipinski definition) is 1. The zero-order chi connectivity index (χ0) is 24.8. The maximum absolute atomic E-state index is 12.7. The minimum Gasteiger partial charge on any atom is -0.483 e. The lowest BCUT2D eigenvalue weighted by Crippen LogP contribution is -2.21. The summed E-state index contributed by atoms with van der Waals surface area (Å²) in [6.45, 7) is 5.62. The molecule has 1 N–H and O–H groups in total. The number of esters is 1. The van der Waals surface area contributed by atoms with Gasteiger partial charge in [0.05, 0.1) is 11.5 Å². The molecule has 0 radical (unpaired) electrons. The molecule has 0 atom stereocenters. The summed E-state index contributed by atoms with van der Waals surface area (Å²) in [6.07, 6.45) is 0. The standard InChI is InChI=1S/C24H23BrN2O6S/c1-4-32-24(29)22-19(15-6-5-7-17(10-15)27(30)31)13-34-23(22)26-21(28)12-33-20-9-8-16(25)11-18(20)14(2)3/h5-11,13-14H,4,12H2,1-3H3,(H,26,28). The Morgan fingerprint density at radius 2 is 1.97 bits per heavy atom. The lowest BCUT2D eigenvalue weighted by atomic mass is 10.0. The van der Waals surface area contributed by atoms with Gasteiger partial charge in [0.1, 0.15) is 16.3 Å². The normalized spacial score (nSPS) is 10.7. The van der Waals surface area contributed by atoms with Crippen LogP contribution in [0.25, 0.3) is 11.1 Å². The van der Waals surface area contributed by atoms with Gasteiger partial charge < -0.3 is 14.8 Å². The van der Waals surface area contributed by atoms with Gasteiger partial charge in [-0.25, -0.2) is 4.79 Å². The van der Waals surface area contributed by atoms with Crippen LogP contribution in [0, 0.1) is 10.1 Å². The number of halogens is 1. The van der Waals surface area contributed by atoms with Crippen LogP contribution in [0.5, 0.6) is 5.75 Å². The Hall–Kier alpha value is -3.24. The van der Waals surface area contributed by atoms with Crippen LogP contribution < -0.4 is 10.1 Å². The number of nitrogens with zero attached hydrogens (tertiary/aromatic N) is 1. The largest absolute Gasteiger partial charge is 0.483 e. The van der Waals surface area contributed by atoms with Crippen molar-refractivity contribution in [3.8, 4) is 16.9 Å². The summed E-state index contributed by atoms with van der Waals surface area (Å²) in [6, 6.07) is 11.5. The van der Waals surface area contributed by atoms with Crippen molar-refractivity contribution >= 4 is 49.8 Å². The first-order valence-corrected chi connectivity index (χ1v) is 12.1. The maximum atomic E-state index is 12.7. The SMILES string of the molecule is CCOC(=O)c1c(-c2cccc([N+](=O)[O-])c2)csc1NC(=O)COc1ccc(Br)cc1C(C)C. The topological polar surface area (TPSA) is 108 Å². The van der Waals surface area contributed by atoms with Crippen LogP contribution in [-0.2, 0) is 9.53 Å². The van der Waals surface area contributed by atoms with Crippen LogP contribution in [-0.4, -0.2) is 30.0 Å². The van der Waals surface area contributed by atoms with E-state index >= 15 is 0 Å². The molecule has 0 saturated carbocycles. The number of carbonyl (C=O) groups is 2. The number of nitro benzene ring substituents is 1. The summed E-state index contributed by atoms with van der Waals surface area (Å²) in [4.78, 5) is 36.1. The lowest BCUT2D eigenvalue weighted by molar-refractivity contribution is -0.384. The van der Waals surface area contributed by atoms with E-state index in [1.165, 1.54) is 18.2 Å². The first kappa shape index (κ1) is 25.4. The van der Waals surface area contributed by atoms with Crippen LogP contribution in [0.15, 0.2) is 52.3 Å². The number of carbonyl (C=O) groups excluding carboxylic acids is 2. The number of ether oxygens (including phenoxy) is 2. The molecule has 0 saturated heterocycles. The maximum Gasteiger partial charge on any atom is 0.341 e. The Kier molecular flexibility index (Phi) is 8.41. The first-order chi connectivity index (χ1) is 16.2. The van der Waals surface area contributed by atoms with Gasteiger partial charge in [-0.2, -0.15) is 0 Å². The highest BCUT2D eigenvalue weighted by atomic mass is 79.9. The average molecular weight is 547 g/mol. The van der Waals surface area contributed by atoms with Crippen LogP contribution in [0.2, 0.25) is 0 Å². The second-order valence-electron chi connectivity index (χ2n) is 7.56. The Morgan fingerprint density at radius 3 is 2.65 bits per heavy atom. The number of thiophene rings is 1. The number of hydrogen-bond acceptors (Lipinski definition) is 7. The van der Waals surface area contributed by atoms with E-state index < -0.39 is 16.8 Å². The quantitative estimate of drug-likeness (QED) is 0.189. The van der Waals surface area contributed by atoms with Crippen LogP contribution >= 0.6 is 27.3 Å². The highest BCUT2D eigenvalue weighted by Crippen LogP contribution is 2.37. The minimum absolute atomic E-state index is 0.104. The third-order valence-corrected chi connectivity index (χ3v) is 6.23. The first-order valence-electron chi connectivity index (χ1n) is 10.5. The van der Waals surface area contributed by atoms with Gasteiger partial charge >= 0.3 is 5.97 Å². The second-order valence-corrected chi connectivity index (χ2v) is 9.35. The van der Waals surface area contributed by atoms with Crippen molar-refractivity contribution in [2.75, 3.05) is 18.5 Å². The van der Waals surface area contributed by atoms with Gasteiger partial charge in [0, 0.05) is 27.5 Å². The molecule has 34 heavy (non-hydrogen) atoms. The van der Waals surface area contributed by atoms with Gasteiger partial charge in [-0.15, -0.1) is 11.3 Å². The van der Waals surface area contributed by atoms with Crippen molar-refractivity contribution in [3.05, 3.63) is 73.6 Å². The monoisotopic (exact) mass is 546 g/mol. The van der Waals surface area contributed by atoms with Crippen LogP contribution in [0.3, 0.4) is 0 Å². The third kappa shape index (κ3) is 6.00. The Morgan fingerprint density at radius 1 is 1.21 bits per heavy atom. The zero-order valence-corrected chi connectivity index (χ0v) is 21.2. The fourth-order valence-electron chi connectivity index (χ4n) is 3.26. The van der Waals surface area contributed by atoms with Crippen molar-refractivity contribution < 1.29 is 24.0 Å². The van der Waals surface area contributed by atoms with Crippen molar-refractivity contribution in [1.29, 1.82) is 0 Å². The van der Waals surface area contributed by atoms with Crippen LogP contribution in [0.1, 0.15) is 42.6 Å². The van der Waals surface area contributed by atoms with Crippen LogP contribution in [0.4, 0.5) is 10.7 Å². The number of anilines is 1. The Labute approximate surface area is 209 Å². The minimum atomic E-state index is -0.628. The van der Waals surface area contributed by atoms with E-state index in [1.54, 1.807) is 24.4 Å². The molecule has 8 nitrogen and oxygen atoms in total. The predicted octanol–water partition coefficient (Wildman–Crippen LogP) is 6.40. The summed E-state index contributed by atoms with van der Waals surface area (Å²) >= 11 is 4.58. The van der Waals surface area contributed by atoms with E-state index in [4.69, 9.17) is 9.47 Å². The van der Waals surface area contributed by atoms with E-state index in [2.05, 4.69) is 21.2 Å². The van der Waals surface area contributed by atoms with Crippen molar-refractivity contribution in [2.45, 2.75) is 26.7 Å². The molecule has 0 unspecified atom stereocenters. The molecule has 0 bridgehead atoms. The smallest absolute Gasteiger partial charge is 0.341 e. The van der Waals surface area contributed by atoms with Gasteiger partial charge in [-0.3, -0.25) is 14.9 Å². The number of nitrogens with one attached hydrogen (secondary N) is 1. The molecule has 178 valence electrons. The zero-order valence-electron chi connectivity index (χ0n) is 18.8. The summed E-state index contributed by atoms with van der Waals surface area (Å²) in [5.41, 5.74) is 1.92. The third-order valence-electron chi connectivity index (χ3n) is 4.84. The molecule has 1 heterocycles. The molecular weight excluding hydrogens is 524 g/mol. The number of amides is 1. The molecule has 1 aromatic heterocycles. The van der Waals surface area contributed by atoms with Gasteiger partial charge in [0.25, 0.3) is 11.6 Å². The lowest BCUT2D eigenvalue weighted by Gasteiger charge is -2.14. The van der Waals surface area contributed by atoms with Gasteiger partial charge in [-0.1, -0.05) is 41.9 Å². The van der Waals surface area contributed by atoms with E-state index in [9.17, 15) is 19.7 Å². The number of non-ortho nitro benzene ring substituents is 1. The molecule has 3 aromatic rings. The summed E-state index contributed by atoms with van der Waals surface area (Å²) < 4.78 is 11.8. The van der Waals surface area contributed by atoms with E-state index in [1.807, 2.05) is 26.0 Å². The summed E-state index contributed by atoms with van der Waals surface area (Å²) in [7, 11) is 0. The number of nitro groups is 1. The Balaban J connectivity index is 1.85. The second kappa shape index (κ2) is 11.3. The molecule has 2 aromatic carbocycles. The molecular formula is C24H23BrN2O6S. The predicted molar refractivity (Wildman–Crippen MR) is 135 cm³/mol. The van der Waals surface area contributed by atoms with Gasteiger partial charge in [0.15, 0.2) is 6.61 Å². The highest BCUT2D eigenvalue weighted by molar-refractivity contribution is 9.10. The number of rotatable bonds is 9.